The van der Waals surface area contributed by atoms with E-state index >= 15 is 0 Å². The van der Waals surface area contributed by atoms with E-state index in [0.29, 0.717) is 0 Å². The van der Waals surface area contributed by atoms with E-state index in [2.05, 4.69) is 6.07 Å². The maximum atomic E-state index is 6.04. The van der Waals surface area contributed by atoms with Crippen molar-refractivity contribution < 1.29 is 9.47 Å². The minimum Gasteiger partial charge on any atom is -0.493 e. The van der Waals surface area contributed by atoms with E-state index < -0.39 is 0 Å². The van der Waals surface area contributed by atoms with Gasteiger partial charge in [-0.25, -0.2) is 0 Å². The van der Waals surface area contributed by atoms with Gasteiger partial charge in [-0.05, 0) is 37.3 Å². The number of fused-ring (bicyclic) bond motifs is 1. The van der Waals surface area contributed by atoms with E-state index in [9.17, 15) is 0 Å². The van der Waals surface area contributed by atoms with E-state index in [-0.39, 0.29) is 6.04 Å². The van der Waals surface area contributed by atoms with Crippen LogP contribution in [0.2, 0.25) is 0 Å². The zero-order chi connectivity index (χ0) is 11.5. The predicted molar refractivity (Wildman–Crippen MR) is 64.2 cm³/mol. The summed E-state index contributed by atoms with van der Waals surface area (Å²) in [5, 5.41) is 0. The maximum Gasteiger partial charge on any atom is 0.164 e. The number of hydrogen-bond acceptors (Lipinski definition) is 3. The lowest BCUT2D eigenvalue weighted by atomic mass is 10.0. The number of benzene rings is 1. The van der Waals surface area contributed by atoms with Crippen molar-refractivity contribution in [3.05, 3.63) is 23.3 Å². The molecule has 2 rings (SSSR count). The van der Waals surface area contributed by atoms with Crippen molar-refractivity contribution in [1.29, 1.82) is 0 Å². The summed E-state index contributed by atoms with van der Waals surface area (Å²) < 4.78 is 10.8. The highest BCUT2D eigenvalue weighted by molar-refractivity contribution is 5.51. The van der Waals surface area contributed by atoms with Gasteiger partial charge in [0.25, 0.3) is 0 Å². The lowest BCUT2D eigenvalue weighted by Crippen LogP contribution is -2.21. The van der Waals surface area contributed by atoms with Crippen LogP contribution in [0.4, 0.5) is 0 Å². The van der Waals surface area contributed by atoms with Gasteiger partial charge in [0.05, 0.1) is 14.2 Å². The second-order valence-electron chi connectivity index (χ2n) is 4.30. The van der Waals surface area contributed by atoms with Crippen molar-refractivity contribution in [3.63, 3.8) is 0 Å². The molecule has 0 amide bonds. The molecule has 0 fully saturated rings. The third-order valence-corrected chi connectivity index (χ3v) is 3.23. The molecule has 16 heavy (non-hydrogen) atoms. The Bertz CT molecular complexity index is 376. The third kappa shape index (κ3) is 2.00. The smallest absolute Gasteiger partial charge is 0.164 e. The van der Waals surface area contributed by atoms with Gasteiger partial charge in [0.15, 0.2) is 11.5 Å². The molecule has 1 aliphatic carbocycles. The minimum absolute atomic E-state index is 0.277. The van der Waals surface area contributed by atoms with E-state index in [4.69, 9.17) is 15.2 Å². The van der Waals surface area contributed by atoms with E-state index in [1.807, 2.05) is 6.07 Å². The van der Waals surface area contributed by atoms with E-state index in [1.165, 1.54) is 11.1 Å². The molecule has 0 aliphatic heterocycles. The number of methoxy groups -OCH3 is 2. The largest absolute Gasteiger partial charge is 0.493 e. The summed E-state index contributed by atoms with van der Waals surface area (Å²) in [6, 6.07) is 4.36. The van der Waals surface area contributed by atoms with Gasteiger partial charge < -0.3 is 15.2 Å². The zero-order valence-electron chi connectivity index (χ0n) is 9.95. The molecule has 3 nitrogen and oxygen atoms in total. The lowest BCUT2D eigenvalue weighted by molar-refractivity contribution is 0.351. The average molecular weight is 221 g/mol. The van der Waals surface area contributed by atoms with Crippen LogP contribution in [0, 0.1) is 0 Å². The van der Waals surface area contributed by atoms with Crippen molar-refractivity contribution >= 4 is 0 Å². The van der Waals surface area contributed by atoms with Crippen molar-refractivity contribution in [2.75, 3.05) is 14.2 Å². The average Bonchev–Trinajstić information content (AvgIpc) is 2.48. The Morgan fingerprint density at radius 3 is 2.75 bits per heavy atom. The Balaban J connectivity index is 2.46. The van der Waals surface area contributed by atoms with Crippen LogP contribution in [0.3, 0.4) is 0 Å². The molecule has 0 aromatic heterocycles. The van der Waals surface area contributed by atoms with Crippen LogP contribution in [0.25, 0.3) is 0 Å². The minimum atomic E-state index is 0.277. The zero-order valence-corrected chi connectivity index (χ0v) is 9.95. The fraction of sp³-hybridized carbons (Fsp3) is 0.538. The molecule has 0 radical (unpaired) electrons. The second kappa shape index (κ2) is 4.74. The van der Waals surface area contributed by atoms with E-state index in [1.54, 1.807) is 14.2 Å². The molecule has 0 saturated heterocycles. The number of nitrogens with two attached hydrogens (primary N) is 1. The van der Waals surface area contributed by atoms with Crippen LogP contribution in [0.5, 0.6) is 11.5 Å². The van der Waals surface area contributed by atoms with Crippen LogP contribution in [0.1, 0.15) is 24.0 Å². The lowest BCUT2D eigenvalue weighted by Gasteiger charge is -2.15. The summed E-state index contributed by atoms with van der Waals surface area (Å²) in [6.07, 6.45) is 4.18. The number of ether oxygens (including phenoxy) is 2. The molecule has 1 aromatic rings. The molecule has 1 aromatic carbocycles. The molecule has 0 heterocycles. The van der Waals surface area contributed by atoms with Crippen LogP contribution in [0.15, 0.2) is 12.1 Å². The summed E-state index contributed by atoms with van der Waals surface area (Å²) in [6.45, 7) is 0. The molecular weight excluding hydrogens is 202 g/mol. The Hall–Kier alpha value is -1.22. The Kier molecular flexibility index (Phi) is 3.34. The normalized spacial score (nSPS) is 19.8. The first-order valence-electron chi connectivity index (χ1n) is 5.74. The van der Waals surface area contributed by atoms with Crippen molar-refractivity contribution in [3.8, 4) is 11.5 Å². The van der Waals surface area contributed by atoms with Gasteiger partial charge in [0.1, 0.15) is 0 Å². The predicted octanol–water partition coefficient (Wildman–Crippen LogP) is 1.91. The van der Waals surface area contributed by atoms with Crippen LogP contribution < -0.4 is 15.2 Å². The molecule has 1 atom stereocenters. The molecule has 0 saturated carbocycles. The molecule has 3 heteroatoms. The monoisotopic (exact) mass is 221 g/mol. The Morgan fingerprint density at radius 2 is 2.06 bits per heavy atom. The third-order valence-electron chi connectivity index (χ3n) is 3.23. The molecule has 1 unspecified atom stereocenters. The highest BCUT2D eigenvalue weighted by Crippen LogP contribution is 2.36. The van der Waals surface area contributed by atoms with Gasteiger partial charge in [-0.2, -0.15) is 0 Å². The molecule has 0 spiro atoms. The number of rotatable bonds is 2. The summed E-state index contributed by atoms with van der Waals surface area (Å²) in [5.41, 5.74) is 8.62. The first-order chi connectivity index (χ1) is 7.76. The van der Waals surface area contributed by atoms with Crippen LogP contribution >= 0.6 is 0 Å². The fourth-order valence-electron chi connectivity index (χ4n) is 2.42. The summed E-state index contributed by atoms with van der Waals surface area (Å²) in [4.78, 5) is 0. The van der Waals surface area contributed by atoms with Gasteiger partial charge in [-0.3, -0.25) is 0 Å². The SMILES string of the molecule is COc1ccc2c(c1OC)CCCC(N)C2. The molecule has 2 N–H and O–H groups in total. The van der Waals surface area contributed by atoms with Crippen LogP contribution in [-0.4, -0.2) is 20.3 Å². The van der Waals surface area contributed by atoms with Crippen LogP contribution in [-0.2, 0) is 12.8 Å². The summed E-state index contributed by atoms with van der Waals surface area (Å²) in [7, 11) is 3.37. The first-order valence-corrected chi connectivity index (χ1v) is 5.74. The van der Waals surface area contributed by atoms with Gasteiger partial charge in [0.2, 0.25) is 0 Å². The van der Waals surface area contributed by atoms with Crippen molar-refractivity contribution in [2.24, 2.45) is 5.73 Å². The fourth-order valence-corrected chi connectivity index (χ4v) is 2.42. The summed E-state index contributed by atoms with van der Waals surface area (Å²) in [5.74, 6) is 1.70. The molecule has 1 aliphatic rings. The molecule has 88 valence electrons. The van der Waals surface area contributed by atoms with Crippen molar-refractivity contribution in [2.45, 2.75) is 31.7 Å². The standard InChI is InChI=1S/C13H19NO2/c1-15-12-7-6-9-8-10(14)4-3-5-11(9)13(12)16-2/h6-7,10H,3-5,8,14H2,1-2H3. The maximum absolute atomic E-state index is 6.04. The highest BCUT2D eigenvalue weighted by Gasteiger charge is 2.19. The Labute approximate surface area is 96.5 Å². The van der Waals surface area contributed by atoms with Gasteiger partial charge >= 0.3 is 0 Å². The molecular formula is C13H19NO2. The highest BCUT2D eigenvalue weighted by atomic mass is 16.5. The van der Waals surface area contributed by atoms with Gasteiger partial charge in [-0.15, -0.1) is 0 Å². The van der Waals surface area contributed by atoms with Gasteiger partial charge in [0, 0.05) is 11.6 Å². The van der Waals surface area contributed by atoms with Crippen molar-refractivity contribution in [1.82, 2.24) is 0 Å². The quantitative estimate of drug-likeness (QED) is 0.776. The second-order valence-corrected chi connectivity index (χ2v) is 4.30. The van der Waals surface area contributed by atoms with E-state index in [0.717, 1.165) is 37.2 Å². The molecule has 0 bridgehead atoms. The van der Waals surface area contributed by atoms with Gasteiger partial charge in [-0.1, -0.05) is 6.07 Å². The Morgan fingerprint density at radius 1 is 1.25 bits per heavy atom. The topological polar surface area (TPSA) is 44.5 Å². The number of hydrogen-bond donors (Lipinski definition) is 1. The summed E-state index contributed by atoms with van der Waals surface area (Å²) >= 11 is 0. The first kappa shape index (κ1) is 11.3.